The predicted molar refractivity (Wildman–Crippen MR) is 97.9 cm³/mol. The Labute approximate surface area is 141 Å². The van der Waals surface area contributed by atoms with Gasteiger partial charge < -0.3 is 4.90 Å². The van der Waals surface area contributed by atoms with Crippen molar-refractivity contribution in [1.82, 2.24) is 9.29 Å². The summed E-state index contributed by atoms with van der Waals surface area (Å²) >= 11 is 0. The summed E-state index contributed by atoms with van der Waals surface area (Å²) in [5, 5.41) is 3.44. The molecule has 0 radical (unpaired) electrons. The van der Waals surface area contributed by atoms with E-state index in [1.165, 1.54) is 15.9 Å². The second kappa shape index (κ2) is 5.72. The third-order valence-electron chi connectivity index (χ3n) is 4.60. The number of hydrogen-bond acceptors (Lipinski definition) is 4. The number of anilines is 1. The lowest BCUT2D eigenvalue weighted by atomic mass is 10.1. The van der Waals surface area contributed by atoms with Crippen molar-refractivity contribution in [3.8, 4) is 0 Å². The molecular weight excluding hydrogens is 322 g/mol. The molecule has 1 saturated heterocycles. The molecule has 0 atom stereocenters. The van der Waals surface area contributed by atoms with Crippen molar-refractivity contribution >= 4 is 37.5 Å². The summed E-state index contributed by atoms with van der Waals surface area (Å²) in [6, 6.07) is 16.4. The number of hydrogen-bond donors (Lipinski definition) is 0. The standard InChI is InChI=1S/C18H19N3O2S/c1-24(22,23)21-12-10-20(11-13-21)18-16-8-3-2-6-14(16)15-7-4-5-9-17(15)19-18/h2-9H,10-13H2,1H3. The van der Waals surface area contributed by atoms with Gasteiger partial charge in [0.25, 0.3) is 0 Å². The van der Waals surface area contributed by atoms with Crippen LogP contribution in [0.3, 0.4) is 0 Å². The fourth-order valence-electron chi connectivity index (χ4n) is 3.36. The maximum atomic E-state index is 11.7. The van der Waals surface area contributed by atoms with Gasteiger partial charge in [-0.15, -0.1) is 0 Å². The molecule has 0 N–H and O–H groups in total. The molecule has 5 nitrogen and oxygen atoms in total. The first-order chi connectivity index (χ1) is 11.5. The molecule has 2 aromatic carbocycles. The highest BCUT2D eigenvalue weighted by Crippen LogP contribution is 2.31. The molecule has 1 aromatic heterocycles. The van der Waals surface area contributed by atoms with Crippen LogP contribution in [-0.2, 0) is 10.0 Å². The minimum atomic E-state index is -3.12. The Kier molecular flexibility index (Phi) is 3.66. The van der Waals surface area contributed by atoms with Crippen molar-refractivity contribution in [3.05, 3.63) is 48.5 Å². The van der Waals surface area contributed by atoms with E-state index in [0.29, 0.717) is 26.2 Å². The van der Waals surface area contributed by atoms with E-state index in [4.69, 9.17) is 4.98 Å². The van der Waals surface area contributed by atoms with Crippen LogP contribution in [0.5, 0.6) is 0 Å². The molecule has 6 heteroatoms. The van der Waals surface area contributed by atoms with Gasteiger partial charge in [0.2, 0.25) is 10.0 Å². The average Bonchev–Trinajstić information content (AvgIpc) is 2.60. The van der Waals surface area contributed by atoms with Gasteiger partial charge in [0.1, 0.15) is 5.82 Å². The SMILES string of the molecule is CS(=O)(=O)N1CCN(c2nc3ccccc3c3ccccc23)CC1. The fourth-order valence-corrected chi connectivity index (χ4v) is 4.19. The van der Waals surface area contributed by atoms with Crippen molar-refractivity contribution in [1.29, 1.82) is 0 Å². The lowest BCUT2D eigenvalue weighted by molar-refractivity contribution is 0.387. The van der Waals surface area contributed by atoms with Crippen LogP contribution in [-0.4, -0.2) is 50.1 Å². The zero-order chi connectivity index (χ0) is 16.7. The molecule has 3 aromatic rings. The maximum Gasteiger partial charge on any atom is 0.211 e. The summed E-state index contributed by atoms with van der Waals surface area (Å²) in [6.45, 7) is 2.31. The van der Waals surface area contributed by atoms with Crippen LogP contribution in [0.1, 0.15) is 0 Å². The lowest BCUT2D eigenvalue weighted by Crippen LogP contribution is -2.48. The molecule has 0 saturated carbocycles. The number of para-hydroxylation sites is 1. The average molecular weight is 341 g/mol. The first kappa shape index (κ1) is 15.4. The van der Waals surface area contributed by atoms with E-state index in [0.717, 1.165) is 22.1 Å². The largest absolute Gasteiger partial charge is 0.353 e. The van der Waals surface area contributed by atoms with Crippen LogP contribution >= 0.6 is 0 Å². The number of rotatable bonds is 2. The third-order valence-corrected chi connectivity index (χ3v) is 5.90. The van der Waals surface area contributed by atoms with E-state index in [-0.39, 0.29) is 0 Å². The minimum Gasteiger partial charge on any atom is -0.353 e. The van der Waals surface area contributed by atoms with Gasteiger partial charge in [-0.25, -0.2) is 13.4 Å². The van der Waals surface area contributed by atoms with Crippen molar-refractivity contribution in [2.45, 2.75) is 0 Å². The van der Waals surface area contributed by atoms with Gasteiger partial charge in [-0.3, -0.25) is 0 Å². The smallest absolute Gasteiger partial charge is 0.211 e. The highest BCUT2D eigenvalue weighted by Gasteiger charge is 2.25. The van der Waals surface area contributed by atoms with Crippen molar-refractivity contribution in [3.63, 3.8) is 0 Å². The molecule has 4 rings (SSSR count). The van der Waals surface area contributed by atoms with E-state index in [2.05, 4.69) is 23.1 Å². The molecule has 124 valence electrons. The molecular formula is C18H19N3O2S. The van der Waals surface area contributed by atoms with Crippen LogP contribution < -0.4 is 4.90 Å². The number of sulfonamides is 1. The van der Waals surface area contributed by atoms with Gasteiger partial charge in [0.05, 0.1) is 11.8 Å². The molecule has 0 amide bonds. The van der Waals surface area contributed by atoms with Crippen molar-refractivity contribution < 1.29 is 8.42 Å². The van der Waals surface area contributed by atoms with E-state index in [1.807, 2.05) is 30.3 Å². The maximum absolute atomic E-state index is 11.7. The first-order valence-electron chi connectivity index (χ1n) is 8.01. The first-order valence-corrected chi connectivity index (χ1v) is 9.86. The molecule has 1 aliphatic rings. The highest BCUT2D eigenvalue weighted by atomic mass is 32.2. The molecule has 0 aliphatic carbocycles. The molecule has 0 spiro atoms. The lowest BCUT2D eigenvalue weighted by Gasteiger charge is -2.34. The van der Waals surface area contributed by atoms with Crippen LogP contribution in [0.2, 0.25) is 0 Å². The number of piperazine rings is 1. The van der Waals surface area contributed by atoms with E-state index in [9.17, 15) is 8.42 Å². The van der Waals surface area contributed by atoms with Gasteiger partial charge in [0, 0.05) is 37.0 Å². The normalized spacial score (nSPS) is 16.8. The number of benzene rings is 2. The van der Waals surface area contributed by atoms with Gasteiger partial charge in [0.15, 0.2) is 0 Å². The van der Waals surface area contributed by atoms with Crippen molar-refractivity contribution in [2.24, 2.45) is 0 Å². The van der Waals surface area contributed by atoms with Crippen LogP contribution in [0, 0.1) is 0 Å². The number of aromatic nitrogens is 1. The van der Waals surface area contributed by atoms with E-state index < -0.39 is 10.0 Å². The summed E-state index contributed by atoms with van der Waals surface area (Å²) in [5.41, 5.74) is 0.969. The Morgan fingerprint density at radius 2 is 1.42 bits per heavy atom. The quantitative estimate of drug-likeness (QED) is 0.672. The summed E-state index contributed by atoms with van der Waals surface area (Å²) in [4.78, 5) is 7.06. The Bertz CT molecular complexity index is 1010. The Balaban J connectivity index is 1.79. The molecule has 0 bridgehead atoms. The van der Waals surface area contributed by atoms with Gasteiger partial charge in [-0.2, -0.15) is 4.31 Å². The fraction of sp³-hybridized carbons (Fsp3) is 0.278. The van der Waals surface area contributed by atoms with Crippen LogP contribution in [0.4, 0.5) is 5.82 Å². The zero-order valence-electron chi connectivity index (χ0n) is 13.5. The second-order valence-electron chi connectivity index (χ2n) is 6.15. The summed E-state index contributed by atoms with van der Waals surface area (Å²) in [5.74, 6) is 0.942. The minimum absolute atomic E-state index is 0.502. The summed E-state index contributed by atoms with van der Waals surface area (Å²) < 4.78 is 25.0. The van der Waals surface area contributed by atoms with Gasteiger partial charge >= 0.3 is 0 Å². The summed E-state index contributed by atoms with van der Waals surface area (Å²) in [7, 11) is -3.12. The van der Waals surface area contributed by atoms with Crippen LogP contribution in [0.15, 0.2) is 48.5 Å². The highest BCUT2D eigenvalue weighted by molar-refractivity contribution is 7.88. The Morgan fingerprint density at radius 3 is 2.08 bits per heavy atom. The zero-order valence-corrected chi connectivity index (χ0v) is 14.3. The number of nitrogens with zero attached hydrogens (tertiary/aromatic N) is 3. The predicted octanol–water partition coefficient (Wildman–Crippen LogP) is 2.47. The monoisotopic (exact) mass is 341 g/mol. The number of pyridine rings is 1. The van der Waals surface area contributed by atoms with Gasteiger partial charge in [-0.1, -0.05) is 42.5 Å². The Morgan fingerprint density at radius 1 is 0.833 bits per heavy atom. The second-order valence-corrected chi connectivity index (χ2v) is 8.13. The molecule has 24 heavy (non-hydrogen) atoms. The summed E-state index contributed by atoms with van der Waals surface area (Å²) in [6.07, 6.45) is 1.27. The Hall–Kier alpha value is -2.18. The van der Waals surface area contributed by atoms with E-state index >= 15 is 0 Å². The third kappa shape index (κ3) is 2.61. The van der Waals surface area contributed by atoms with Crippen LogP contribution in [0.25, 0.3) is 21.7 Å². The molecule has 1 fully saturated rings. The molecule has 1 aliphatic heterocycles. The van der Waals surface area contributed by atoms with E-state index in [1.54, 1.807) is 0 Å². The molecule has 0 unspecified atom stereocenters. The van der Waals surface area contributed by atoms with Gasteiger partial charge in [-0.05, 0) is 11.5 Å². The topological polar surface area (TPSA) is 53.5 Å². The molecule has 2 heterocycles. The number of fused-ring (bicyclic) bond motifs is 3. The van der Waals surface area contributed by atoms with Crippen molar-refractivity contribution in [2.75, 3.05) is 37.3 Å².